The Balaban J connectivity index is 2.49. The predicted molar refractivity (Wildman–Crippen MR) is 58.0 cm³/mol. The molecule has 0 N–H and O–H groups in total. The topological polar surface area (TPSA) is 12.9 Å². The molecule has 2 aromatic rings. The lowest BCUT2D eigenvalue weighted by Gasteiger charge is -2.02. The zero-order valence-electron chi connectivity index (χ0n) is 8.41. The number of pyridine rings is 1. The maximum absolute atomic E-state index is 4.18. The summed E-state index contributed by atoms with van der Waals surface area (Å²) in [7, 11) is 0. The Morgan fingerprint density at radius 2 is 1.93 bits per heavy atom. The van der Waals surface area contributed by atoms with E-state index in [1.54, 1.807) is 0 Å². The summed E-state index contributed by atoms with van der Waals surface area (Å²) in [4.78, 5) is 4.18. The van der Waals surface area contributed by atoms with E-state index in [9.17, 15) is 0 Å². The molecule has 0 amide bonds. The van der Waals surface area contributed by atoms with Crippen molar-refractivity contribution in [3.05, 3.63) is 53.9 Å². The van der Waals surface area contributed by atoms with Crippen LogP contribution < -0.4 is 0 Å². The molecule has 1 aromatic carbocycles. The quantitative estimate of drug-likeness (QED) is 0.660. The van der Waals surface area contributed by atoms with Crippen LogP contribution in [0.3, 0.4) is 0 Å². The molecule has 1 radical (unpaired) electrons. The summed E-state index contributed by atoms with van der Waals surface area (Å²) >= 11 is 0. The highest BCUT2D eigenvalue weighted by Gasteiger charge is 1.97. The highest BCUT2D eigenvalue weighted by Crippen LogP contribution is 2.19. The van der Waals surface area contributed by atoms with Crippen molar-refractivity contribution in [3.63, 3.8) is 0 Å². The van der Waals surface area contributed by atoms with Crippen molar-refractivity contribution in [1.29, 1.82) is 0 Å². The summed E-state index contributed by atoms with van der Waals surface area (Å²) in [6, 6.07) is 13.4. The minimum atomic E-state index is 1.05. The molecular weight excluding hydrogens is 170 g/mol. The molecule has 0 aliphatic heterocycles. The fourth-order valence-electron chi connectivity index (χ4n) is 1.48. The van der Waals surface area contributed by atoms with Gasteiger partial charge in [-0.1, -0.05) is 12.1 Å². The van der Waals surface area contributed by atoms with Crippen LogP contribution in [0, 0.1) is 19.9 Å². The third kappa shape index (κ3) is 1.82. The average Bonchev–Trinajstić information content (AvgIpc) is 2.18. The van der Waals surface area contributed by atoms with E-state index in [0.717, 1.165) is 5.69 Å². The van der Waals surface area contributed by atoms with Gasteiger partial charge in [-0.2, -0.15) is 0 Å². The highest BCUT2D eigenvalue weighted by atomic mass is 14.6. The highest BCUT2D eigenvalue weighted by molar-refractivity contribution is 5.63. The molecule has 1 aromatic heterocycles. The lowest BCUT2D eigenvalue weighted by atomic mass is 10.0. The van der Waals surface area contributed by atoms with Gasteiger partial charge in [0, 0.05) is 11.9 Å². The fraction of sp³-hybridized carbons (Fsp3) is 0.154. The third-order valence-corrected chi connectivity index (χ3v) is 2.16. The minimum absolute atomic E-state index is 1.05. The predicted octanol–water partition coefficient (Wildman–Crippen LogP) is 3.17. The molecule has 0 bridgehead atoms. The second kappa shape index (κ2) is 3.62. The molecule has 69 valence electrons. The first-order chi connectivity index (χ1) is 6.75. The number of hydrogen-bond acceptors (Lipinski definition) is 1. The Kier molecular flexibility index (Phi) is 2.32. The van der Waals surface area contributed by atoms with Crippen LogP contribution in [0.25, 0.3) is 11.1 Å². The molecule has 1 heterocycles. The first-order valence-electron chi connectivity index (χ1n) is 4.66. The van der Waals surface area contributed by atoms with Gasteiger partial charge in [0.15, 0.2) is 0 Å². The van der Waals surface area contributed by atoms with E-state index in [2.05, 4.69) is 30.1 Å². The zero-order valence-corrected chi connectivity index (χ0v) is 8.41. The molecule has 14 heavy (non-hydrogen) atoms. The van der Waals surface area contributed by atoms with Crippen molar-refractivity contribution >= 4 is 0 Å². The summed E-state index contributed by atoms with van der Waals surface area (Å²) in [5, 5.41) is 0. The lowest BCUT2D eigenvalue weighted by Crippen LogP contribution is -1.83. The molecule has 1 nitrogen and oxygen atoms in total. The molecule has 0 unspecified atom stereocenters. The first-order valence-corrected chi connectivity index (χ1v) is 4.66. The number of rotatable bonds is 1. The number of aromatic nitrogens is 1. The molecule has 0 aliphatic carbocycles. The minimum Gasteiger partial charge on any atom is -0.262 e. The maximum Gasteiger partial charge on any atom is 0.0378 e. The van der Waals surface area contributed by atoms with E-state index in [4.69, 9.17) is 0 Å². The molecule has 0 saturated carbocycles. The van der Waals surface area contributed by atoms with Crippen LogP contribution in [0.2, 0.25) is 0 Å². The fourth-order valence-corrected chi connectivity index (χ4v) is 1.48. The van der Waals surface area contributed by atoms with Crippen LogP contribution in [-0.2, 0) is 0 Å². The van der Waals surface area contributed by atoms with Crippen molar-refractivity contribution in [3.8, 4) is 11.1 Å². The summed E-state index contributed by atoms with van der Waals surface area (Å²) < 4.78 is 0. The zero-order chi connectivity index (χ0) is 9.97. The molecule has 1 heteroatoms. The summed E-state index contributed by atoms with van der Waals surface area (Å²) in [5.41, 5.74) is 4.69. The molecule has 2 rings (SSSR count). The number of hydrogen-bond donors (Lipinski definition) is 0. The monoisotopic (exact) mass is 182 g/mol. The maximum atomic E-state index is 4.18. The van der Waals surface area contributed by atoms with Crippen LogP contribution in [-0.4, -0.2) is 4.98 Å². The Hall–Kier alpha value is -1.63. The third-order valence-electron chi connectivity index (χ3n) is 2.16. The Bertz CT molecular complexity index is 403. The number of nitrogens with zero attached hydrogens (tertiary/aromatic N) is 1. The van der Waals surface area contributed by atoms with E-state index in [1.807, 2.05) is 31.3 Å². The van der Waals surface area contributed by atoms with Gasteiger partial charge in [0.05, 0.1) is 0 Å². The summed E-state index contributed by atoms with van der Waals surface area (Å²) in [5.74, 6) is 0. The van der Waals surface area contributed by atoms with Gasteiger partial charge in [-0.05, 0) is 54.8 Å². The van der Waals surface area contributed by atoms with Crippen LogP contribution in [0.5, 0.6) is 0 Å². The van der Waals surface area contributed by atoms with Gasteiger partial charge in [0.25, 0.3) is 0 Å². The van der Waals surface area contributed by atoms with Crippen molar-refractivity contribution in [1.82, 2.24) is 4.98 Å². The van der Waals surface area contributed by atoms with Gasteiger partial charge in [0.1, 0.15) is 0 Å². The summed E-state index contributed by atoms with van der Waals surface area (Å²) in [6.45, 7) is 4.08. The van der Waals surface area contributed by atoms with Crippen LogP contribution in [0.4, 0.5) is 0 Å². The SMILES string of the molecule is Cc1c[c]cc(-c2ccnc(C)c2)c1. The Morgan fingerprint density at radius 1 is 1.07 bits per heavy atom. The van der Waals surface area contributed by atoms with Crippen LogP contribution in [0.15, 0.2) is 36.5 Å². The first kappa shape index (κ1) is 8.95. The van der Waals surface area contributed by atoms with Gasteiger partial charge in [-0.25, -0.2) is 0 Å². The second-order valence-corrected chi connectivity index (χ2v) is 3.48. The van der Waals surface area contributed by atoms with E-state index < -0.39 is 0 Å². The van der Waals surface area contributed by atoms with Gasteiger partial charge in [-0.3, -0.25) is 4.98 Å². The van der Waals surface area contributed by atoms with Crippen molar-refractivity contribution in [2.24, 2.45) is 0 Å². The van der Waals surface area contributed by atoms with E-state index in [0.29, 0.717) is 0 Å². The van der Waals surface area contributed by atoms with E-state index in [1.165, 1.54) is 16.7 Å². The number of benzene rings is 1. The van der Waals surface area contributed by atoms with E-state index >= 15 is 0 Å². The van der Waals surface area contributed by atoms with Gasteiger partial charge < -0.3 is 0 Å². The molecule has 0 aliphatic rings. The summed E-state index contributed by atoms with van der Waals surface area (Å²) in [6.07, 6.45) is 1.84. The molecule has 0 saturated heterocycles. The van der Waals surface area contributed by atoms with Gasteiger partial charge in [-0.15, -0.1) is 0 Å². The Morgan fingerprint density at radius 3 is 2.64 bits per heavy atom. The largest absolute Gasteiger partial charge is 0.262 e. The smallest absolute Gasteiger partial charge is 0.0378 e. The Labute approximate surface area is 84.4 Å². The molecule has 0 spiro atoms. The number of aryl methyl sites for hydroxylation is 2. The van der Waals surface area contributed by atoms with Crippen LogP contribution in [0.1, 0.15) is 11.3 Å². The normalized spacial score (nSPS) is 10.1. The van der Waals surface area contributed by atoms with Crippen molar-refractivity contribution in [2.75, 3.05) is 0 Å². The van der Waals surface area contributed by atoms with E-state index in [-0.39, 0.29) is 0 Å². The van der Waals surface area contributed by atoms with Crippen LogP contribution >= 0.6 is 0 Å². The molecule has 0 fully saturated rings. The van der Waals surface area contributed by atoms with Crippen molar-refractivity contribution < 1.29 is 0 Å². The molecule has 0 atom stereocenters. The van der Waals surface area contributed by atoms with Gasteiger partial charge in [0.2, 0.25) is 0 Å². The van der Waals surface area contributed by atoms with Gasteiger partial charge >= 0.3 is 0 Å². The lowest BCUT2D eigenvalue weighted by molar-refractivity contribution is 1.20. The average molecular weight is 182 g/mol. The standard InChI is InChI=1S/C13H12N/c1-10-4-3-5-12(8-10)13-6-7-14-11(2)9-13/h4-9H,1-2H3. The second-order valence-electron chi connectivity index (χ2n) is 3.48. The molecular formula is C13H12N. The van der Waals surface area contributed by atoms with Crippen molar-refractivity contribution in [2.45, 2.75) is 13.8 Å².